The molecule has 2 unspecified atom stereocenters. The van der Waals surface area contributed by atoms with Crippen LogP contribution >= 0.6 is 0 Å². The Kier molecular flexibility index (Phi) is 28.9. The van der Waals surface area contributed by atoms with Crippen LogP contribution in [0.5, 0.6) is 0 Å². The Labute approximate surface area is 282 Å². The molecule has 0 spiro atoms. The number of rotatable bonds is 1. The summed E-state index contributed by atoms with van der Waals surface area (Å²) < 4.78 is 0. The molecule has 4 atom stereocenters. The zero-order valence-electron chi connectivity index (χ0n) is 28.5. The van der Waals surface area contributed by atoms with Crippen LogP contribution in [-0.2, 0) is 0 Å². The van der Waals surface area contributed by atoms with Crippen LogP contribution in [0, 0.1) is 30.6 Å². The molecule has 0 bridgehead atoms. The van der Waals surface area contributed by atoms with Gasteiger partial charge in [0.2, 0.25) is 0 Å². The second kappa shape index (κ2) is 32.1. The van der Waals surface area contributed by atoms with Crippen LogP contribution in [0.1, 0.15) is 61.3 Å². The van der Waals surface area contributed by atoms with Crippen LogP contribution in [0.15, 0.2) is 191 Å². The smallest absolute Gasteiger partial charge is 0.00000000000931 e. The summed E-state index contributed by atoms with van der Waals surface area (Å²) in [6, 6.07) is 0. The number of hydrogen-bond donors (Lipinski definition) is 0. The van der Waals surface area contributed by atoms with Crippen molar-refractivity contribution in [3.63, 3.8) is 0 Å². The molecule has 0 N–H and O–H groups in total. The van der Waals surface area contributed by atoms with Crippen molar-refractivity contribution < 1.29 is 0 Å². The largest absolute Gasteiger partial charge is 0.219 e. The lowest BCUT2D eigenvalue weighted by molar-refractivity contribution is 0.834. The van der Waals surface area contributed by atoms with Crippen molar-refractivity contribution in [2.24, 2.45) is 23.7 Å². The number of hydrogen-bond acceptors (Lipinski definition) is 0. The van der Waals surface area contributed by atoms with Gasteiger partial charge in [0, 0.05) is 0 Å². The van der Waals surface area contributed by atoms with Gasteiger partial charge < -0.3 is 0 Å². The fourth-order valence-electron chi connectivity index (χ4n) is 2.10. The fourth-order valence-corrected chi connectivity index (χ4v) is 2.10. The predicted octanol–water partition coefficient (Wildman–Crippen LogP) is 11.0. The summed E-state index contributed by atoms with van der Waals surface area (Å²) in [7, 11) is 0. The average Bonchev–Trinajstić information content (AvgIpc) is 3.95. The zero-order valence-corrected chi connectivity index (χ0v) is 28.5. The molecule has 0 heterocycles. The molecule has 0 nitrogen and oxygen atoms in total. The third kappa shape index (κ3) is 35.3. The van der Waals surface area contributed by atoms with Gasteiger partial charge in [-0.3, -0.25) is 0 Å². The average molecular weight is 602 g/mol. The van der Waals surface area contributed by atoms with E-state index in [2.05, 4.69) is 203 Å². The Hall–Kier alpha value is -6.85. The lowest BCUT2D eigenvalue weighted by atomic mass is 10.1. The first-order chi connectivity index (χ1) is 22.7. The van der Waals surface area contributed by atoms with Gasteiger partial charge in [-0.2, -0.15) is 6.92 Å². The third-order valence-corrected chi connectivity index (χ3v) is 5.76. The van der Waals surface area contributed by atoms with E-state index in [1.165, 1.54) is 12.8 Å². The lowest BCUT2D eigenvalue weighted by Gasteiger charge is -1.99. The summed E-state index contributed by atoms with van der Waals surface area (Å²) >= 11 is 0. The molecule has 2 rings (SSSR count). The van der Waals surface area contributed by atoms with Crippen LogP contribution in [0.25, 0.3) is 0 Å². The molecule has 0 amide bonds. The highest BCUT2D eigenvalue weighted by Crippen LogP contribution is 2.36. The van der Waals surface area contributed by atoms with Gasteiger partial charge in [0.05, 0.1) is 0 Å². The molecule has 0 radical (unpaired) electrons. The molecule has 2 aliphatic carbocycles. The van der Waals surface area contributed by atoms with Crippen LogP contribution in [0.3, 0.4) is 0 Å². The Morgan fingerprint density at radius 3 is 0.872 bits per heavy atom. The molecule has 0 aliphatic heterocycles. The molecule has 2 aliphatic rings. The quantitative estimate of drug-likeness (QED) is 0.121. The zero-order chi connectivity index (χ0) is 35.4. The van der Waals surface area contributed by atoms with Crippen molar-refractivity contribution in [2.75, 3.05) is 0 Å². The fraction of sp³-hybridized carbons (Fsp3) is 0.277. The molecular weight excluding hydrogens is 565 g/mol. The maximum absolute atomic E-state index is 3.82. The molecule has 2 saturated carbocycles. The highest BCUT2D eigenvalue weighted by molar-refractivity contribution is 5.29. The summed E-state index contributed by atoms with van der Waals surface area (Å²) in [5, 5.41) is 0. The van der Waals surface area contributed by atoms with Crippen LogP contribution in [0.2, 0.25) is 0 Å². The second-order valence-corrected chi connectivity index (χ2v) is 9.63. The maximum atomic E-state index is 3.82. The minimum Gasteiger partial charge on any atom is -0.219 e. The van der Waals surface area contributed by atoms with E-state index in [9.17, 15) is 0 Å². The third-order valence-electron chi connectivity index (χ3n) is 5.76. The summed E-state index contributed by atoms with van der Waals surface area (Å²) in [5.74, 6) is 4.20. The van der Waals surface area contributed by atoms with E-state index in [0.29, 0.717) is 11.1 Å². The maximum Gasteiger partial charge on any atom is -0.00000000000931 e. The Balaban J connectivity index is 0. The highest BCUT2D eigenvalue weighted by atomic mass is 14.3. The molecule has 0 aromatic carbocycles. The van der Waals surface area contributed by atoms with Crippen molar-refractivity contribution in [1.82, 2.24) is 0 Å². The first-order valence-corrected chi connectivity index (χ1v) is 14.7. The summed E-state index contributed by atoms with van der Waals surface area (Å²) in [6.45, 7) is 25.4. The molecule has 0 heteroatoms. The van der Waals surface area contributed by atoms with Crippen molar-refractivity contribution >= 4 is 0 Å². The molecule has 0 aromatic rings. The van der Waals surface area contributed by atoms with E-state index in [1.54, 1.807) is 6.92 Å². The Morgan fingerprint density at radius 1 is 0.447 bits per heavy atom. The standard InChI is InChI=1S/C33H9.2C5H10.C4H8/c1-5-7-9-11-13-15-17-19-21-23-25-27-29-31-33(4)32(3)30-28-26-24-22-20-18-16-14-12-10-8-6-2;2*1-4-3-5(4)2;1-3-4-2/h1-3H2,4H3;2*4-5H,3H2,1-2H3;3-4H,1-2H3/q-1;;;/b;;;4-3-/t;4-,5+;;. The molecule has 0 saturated heterocycles. The minimum absolute atomic E-state index is 0.527. The normalized spacial score (nSPS) is 14.5. The van der Waals surface area contributed by atoms with E-state index in [-0.39, 0.29) is 0 Å². The monoisotopic (exact) mass is 601 g/mol. The van der Waals surface area contributed by atoms with Gasteiger partial charge in [-0.25, -0.2) is 5.73 Å². The second-order valence-electron chi connectivity index (χ2n) is 9.63. The first-order valence-electron chi connectivity index (χ1n) is 14.7. The Bertz CT molecular complexity index is 2190. The molecule has 2 fully saturated rings. The summed E-state index contributed by atoms with van der Waals surface area (Å²) in [5.41, 5.74) is 69.6. The minimum atomic E-state index is 0.527. The van der Waals surface area contributed by atoms with Crippen molar-refractivity contribution in [3.05, 3.63) is 198 Å². The van der Waals surface area contributed by atoms with E-state index in [4.69, 9.17) is 0 Å². The molecule has 226 valence electrons. The van der Waals surface area contributed by atoms with Gasteiger partial charge in [-0.1, -0.05) is 69.5 Å². The Morgan fingerprint density at radius 2 is 0.660 bits per heavy atom. The van der Waals surface area contributed by atoms with Gasteiger partial charge in [-0.15, -0.1) is 11.3 Å². The summed E-state index contributed by atoms with van der Waals surface area (Å²) in [6.07, 6.45) is 6.94. The number of allylic oxidation sites excluding steroid dienone is 4. The first kappa shape index (κ1) is 42.3. The van der Waals surface area contributed by atoms with Crippen molar-refractivity contribution in [3.8, 4) is 0 Å². The molecule has 47 heavy (non-hydrogen) atoms. The molecule has 0 aromatic heterocycles. The van der Waals surface area contributed by atoms with E-state index >= 15 is 0 Å². The highest BCUT2D eigenvalue weighted by Gasteiger charge is 2.26. The van der Waals surface area contributed by atoms with Crippen LogP contribution < -0.4 is 0 Å². The summed E-state index contributed by atoms with van der Waals surface area (Å²) in [4.78, 5) is 0. The van der Waals surface area contributed by atoms with E-state index in [0.717, 1.165) is 23.7 Å². The topological polar surface area (TPSA) is 0 Å². The SMILES string of the molecule is C/C=C\C.C=C=C=C=C=C=C=C=C=C=C=C=C=C=C=C(C)C([CH2-])=C=C=C=C=C=C=C=C=C=C=C=C=C=C.CC1CC1C.C[C@@H]1C[C@@H]1C. The predicted molar refractivity (Wildman–Crippen MR) is 191 cm³/mol. The van der Waals surface area contributed by atoms with E-state index in [1.807, 2.05) is 26.0 Å². The van der Waals surface area contributed by atoms with Gasteiger partial charge in [0.15, 0.2) is 0 Å². The van der Waals surface area contributed by atoms with E-state index < -0.39 is 0 Å². The van der Waals surface area contributed by atoms with Gasteiger partial charge in [-0.05, 0) is 190 Å². The lowest BCUT2D eigenvalue weighted by Crippen LogP contribution is -1.71. The van der Waals surface area contributed by atoms with Gasteiger partial charge >= 0.3 is 0 Å². The van der Waals surface area contributed by atoms with Crippen LogP contribution in [-0.4, -0.2) is 0 Å². The van der Waals surface area contributed by atoms with Gasteiger partial charge in [0.1, 0.15) is 0 Å². The van der Waals surface area contributed by atoms with Crippen LogP contribution in [0.4, 0.5) is 0 Å². The van der Waals surface area contributed by atoms with Crippen molar-refractivity contribution in [2.45, 2.75) is 61.3 Å². The van der Waals surface area contributed by atoms with Gasteiger partial charge in [0.25, 0.3) is 0 Å². The molecular formula is C47H37-. The van der Waals surface area contributed by atoms with Crippen molar-refractivity contribution in [1.29, 1.82) is 0 Å².